The highest BCUT2D eigenvalue weighted by molar-refractivity contribution is 6.30. The van der Waals surface area contributed by atoms with Crippen molar-refractivity contribution in [2.24, 2.45) is 11.8 Å². The zero-order valence-corrected chi connectivity index (χ0v) is 22.8. The summed E-state index contributed by atoms with van der Waals surface area (Å²) < 4.78 is 0. The summed E-state index contributed by atoms with van der Waals surface area (Å²) in [7, 11) is 0. The van der Waals surface area contributed by atoms with Gasteiger partial charge in [0.25, 0.3) is 0 Å². The van der Waals surface area contributed by atoms with E-state index in [9.17, 15) is 15.0 Å². The minimum absolute atomic E-state index is 0.0502. The number of hydrogen-bond acceptors (Lipinski definition) is 4. The first-order chi connectivity index (χ1) is 17.2. The van der Waals surface area contributed by atoms with Gasteiger partial charge in [-0.15, -0.1) is 0 Å². The van der Waals surface area contributed by atoms with Gasteiger partial charge in [0, 0.05) is 29.7 Å². The van der Waals surface area contributed by atoms with Crippen molar-refractivity contribution in [3.05, 3.63) is 34.9 Å². The molecule has 0 bridgehead atoms. The molecule has 202 valence electrons. The molecule has 1 aliphatic carbocycles. The molecule has 4 N–H and O–H groups in total. The molecule has 0 aromatic heterocycles. The van der Waals surface area contributed by atoms with Crippen molar-refractivity contribution in [2.75, 3.05) is 13.1 Å². The molecule has 2 amide bonds. The number of benzene rings is 1. The number of urea groups is 1. The molecule has 6 atom stereocenters. The SMILES string of the molecule is CC1NC1(C)CC[C@H](O)[C@H](O)[C@H](CC1CCCCC1)NC(=O)N1CCC[C@@H](Cc2cccc(Cl)c2)C1. The third kappa shape index (κ3) is 7.59. The lowest BCUT2D eigenvalue weighted by atomic mass is 9.82. The predicted molar refractivity (Wildman–Crippen MR) is 145 cm³/mol. The van der Waals surface area contributed by atoms with Gasteiger partial charge in [-0.05, 0) is 81.9 Å². The average molecular weight is 520 g/mol. The van der Waals surface area contributed by atoms with E-state index >= 15 is 0 Å². The van der Waals surface area contributed by atoms with E-state index in [2.05, 4.69) is 30.5 Å². The summed E-state index contributed by atoms with van der Waals surface area (Å²) in [4.78, 5) is 15.3. The standard InChI is InChI=1S/C29H46ClN3O3/c1-20-29(2,32-20)14-13-26(34)27(35)25(18-21-8-4-3-5-9-21)31-28(36)33-15-7-11-23(19-33)16-22-10-6-12-24(30)17-22/h6,10,12,17,20-21,23,25-27,32,34-35H,3-5,7-9,11,13-16,18-19H2,1-2H3,(H,31,36)/t20?,23-,25-,26-,27+,29?/m0/s1. The topological polar surface area (TPSA) is 94.7 Å². The van der Waals surface area contributed by atoms with Crippen molar-refractivity contribution < 1.29 is 15.0 Å². The van der Waals surface area contributed by atoms with Gasteiger partial charge in [-0.1, -0.05) is 55.8 Å². The smallest absolute Gasteiger partial charge is 0.317 e. The van der Waals surface area contributed by atoms with Crippen molar-refractivity contribution in [1.29, 1.82) is 0 Å². The van der Waals surface area contributed by atoms with Crippen LogP contribution in [-0.2, 0) is 6.42 Å². The number of likely N-dealkylation sites (tertiary alicyclic amines) is 1. The second kappa shape index (κ2) is 12.5. The number of nitrogens with zero attached hydrogens (tertiary/aromatic N) is 1. The molecule has 36 heavy (non-hydrogen) atoms. The fourth-order valence-electron chi connectivity index (χ4n) is 6.36. The molecule has 4 rings (SSSR count). The van der Waals surface area contributed by atoms with E-state index in [1.165, 1.54) is 24.8 Å². The summed E-state index contributed by atoms with van der Waals surface area (Å²) >= 11 is 6.17. The van der Waals surface area contributed by atoms with Crippen LogP contribution in [0.15, 0.2) is 24.3 Å². The Bertz CT molecular complexity index is 864. The fourth-order valence-corrected chi connectivity index (χ4v) is 6.57. The number of piperidine rings is 1. The molecule has 2 unspecified atom stereocenters. The van der Waals surface area contributed by atoms with Crippen LogP contribution in [0.1, 0.15) is 83.6 Å². The van der Waals surface area contributed by atoms with Crippen molar-refractivity contribution in [3.63, 3.8) is 0 Å². The first-order valence-electron chi connectivity index (χ1n) is 14.2. The highest BCUT2D eigenvalue weighted by Crippen LogP contribution is 2.33. The number of rotatable bonds is 10. The normalized spacial score (nSPS) is 29.4. The van der Waals surface area contributed by atoms with Crippen LogP contribution in [0.5, 0.6) is 0 Å². The Labute approximate surface area is 222 Å². The van der Waals surface area contributed by atoms with Crippen LogP contribution in [0.3, 0.4) is 0 Å². The van der Waals surface area contributed by atoms with E-state index in [1.807, 2.05) is 23.1 Å². The zero-order chi connectivity index (χ0) is 25.7. The second-order valence-electron chi connectivity index (χ2n) is 12.0. The molecule has 1 aromatic carbocycles. The highest BCUT2D eigenvalue weighted by atomic mass is 35.5. The quantitative estimate of drug-likeness (QED) is 0.331. The Morgan fingerprint density at radius 2 is 1.92 bits per heavy atom. The third-order valence-electron chi connectivity index (χ3n) is 9.03. The number of hydrogen-bond donors (Lipinski definition) is 4. The molecule has 0 radical (unpaired) electrons. The number of aliphatic hydroxyl groups is 2. The van der Waals surface area contributed by atoms with Crippen LogP contribution in [0.2, 0.25) is 5.02 Å². The minimum atomic E-state index is -0.958. The predicted octanol–water partition coefficient (Wildman–Crippen LogP) is 4.90. The van der Waals surface area contributed by atoms with Gasteiger partial charge in [0.1, 0.15) is 6.10 Å². The Kier molecular flexibility index (Phi) is 9.59. The maximum absolute atomic E-state index is 13.4. The summed E-state index contributed by atoms with van der Waals surface area (Å²) in [5.41, 5.74) is 1.26. The van der Waals surface area contributed by atoms with Crippen LogP contribution in [-0.4, -0.2) is 64.1 Å². The summed E-state index contributed by atoms with van der Waals surface area (Å²) in [6.07, 6.45) is 9.21. The summed E-state index contributed by atoms with van der Waals surface area (Å²) in [6, 6.07) is 7.88. The van der Waals surface area contributed by atoms with Gasteiger partial charge in [-0.3, -0.25) is 0 Å². The van der Waals surface area contributed by atoms with E-state index in [0.29, 0.717) is 30.8 Å². The van der Waals surface area contributed by atoms with Gasteiger partial charge in [0.2, 0.25) is 0 Å². The molecule has 2 heterocycles. The lowest BCUT2D eigenvalue weighted by Crippen LogP contribution is -2.55. The van der Waals surface area contributed by atoms with Gasteiger partial charge in [0.15, 0.2) is 0 Å². The van der Waals surface area contributed by atoms with Gasteiger partial charge < -0.3 is 25.7 Å². The summed E-state index contributed by atoms with van der Waals surface area (Å²) in [5, 5.41) is 29.4. The average Bonchev–Trinajstić information content (AvgIpc) is 3.48. The monoisotopic (exact) mass is 519 g/mol. The highest BCUT2D eigenvalue weighted by Gasteiger charge is 2.46. The second-order valence-corrected chi connectivity index (χ2v) is 12.4. The molecule has 2 saturated heterocycles. The molecule has 3 fully saturated rings. The zero-order valence-electron chi connectivity index (χ0n) is 22.1. The molecular weight excluding hydrogens is 474 g/mol. The number of amides is 2. The van der Waals surface area contributed by atoms with Crippen LogP contribution in [0.4, 0.5) is 4.79 Å². The maximum atomic E-state index is 13.4. The van der Waals surface area contributed by atoms with Crippen LogP contribution >= 0.6 is 11.6 Å². The molecule has 6 nitrogen and oxygen atoms in total. The third-order valence-corrected chi connectivity index (χ3v) is 9.26. The number of carbonyl (C=O) groups is 1. The molecular formula is C29H46ClN3O3. The molecule has 1 saturated carbocycles. The van der Waals surface area contributed by atoms with E-state index in [0.717, 1.165) is 56.5 Å². The van der Waals surface area contributed by atoms with Gasteiger partial charge in [0.05, 0.1) is 12.1 Å². The Morgan fingerprint density at radius 1 is 1.19 bits per heavy atom. The molecule has 0 spiro atoms. The Hall–Kier alpha value is -1.34. The van der Waals surface area contributed by atoms with Crippen molar-refractivity contribution >= 4 is 17.6 Å². The lowest BCUT2D eigenvalue weighted by Gasteiger charge is -2.37. The largest absolute Gasteiger partial charge is 0.390 e. The first-order valence-corrected chi connectivity index (χ1v) is 14.5. The maximum Gasteiger partial charge on any atom is 0.317 e. The lowest BCUT2D eigenvalue weighted by molar-refractivity contribution is -0.0148. The molecule has 2 aliphatic heterocycles. The molecule has 3 aliphatic rings. The van der Waals surface area contributed by atoms with Crippen molar-refractivity contribution in [2.45, 2.75) is 114 Å². The van der Waals surface area contributed by atoms with E-state index in [1.54, 1.807) is 0 Å². The number of halogens is 1. The first kappa shape index (κ1) is 27.7. The van der Waals surface area contributed by atoms with Crippen molar-refractivity contribution in [3.8, 4) is 0 Å². The van der Waals surface area contributed by atoms with E-state index in [-0.39, 0.29) is 11.6 Å². The van der Waals surface area contributed by atoms with Crippen molar-refractivity contribution in [1.82, 2.24) is 15.5 Å². The Morgan fingerprint density at radius 3 is 2.61 bits per heavy atom. The number of nitrogens with one attached hydrogen (secondary N) is 2. The number of aliphatic hydroxyl groups excluding tert-OH is 2. The minimum Gasteiger partial charge on any atom is -0.390 e. The molecule has 7 heteroatoms. The summed E-state index contributed by atoms with van der Waals surface area (Å²) in [5.74, 6) is 0.884. The van der Waals surface area contributed by atoms with E-state index in [4.69, 9.17) is 11.6 Å². The van der Waals surface area contributed by atoms with Crippen LogP contribution in [0, 0.1) is 11.8 Å². The summed E-state index contributed by atoms with van der Waals surface area (Å²) in [6.45, 7) is 5.74. The molecule has 1 aromatic rings. The fraction of sp³-hybridized carbons (Fsp3) is 0.759. The number of carbonyl (C=O) groups excluding carboxylic acids is 1. The van der Waals surface area contributed by atoms with Gasteiger partial charge in [-0.2, -0.15) is 0 Å². The van der Waals surface area contributed by atoms with Gasteiger partial charge in [-0.25, -0.2) is 4.79 Å². The van der Waals surface area contributed by atoms with E-state index < -0.39 is 18.2 Å². The Balaban J connectivity index is 1.35. The van der Waals surface area contributed by atoms with Crippen LogP contribution < -0.4 is 10.6 Å². The van der Waals surface area contributed by atoms with Gasteiger partial charge >= 0.3 is 6.03 Å². The van der Waals surface area contributed by atoms with Crippen LogP contribution in [0.25, 0.3) is 0 Å².